The molecule has 0 bridgehead atoms. The molecule has 1 atom stereocenters. The van der Waals surface area contributed by atoms with E-state index in [2.05, 4.69) is 0 Å². The molecule has 0 amide bonds. The fraction of sp³-hybridized carbons (Fsp3) is 0.174. The molecule has 0 heterocycles. The first-order chi connectivity index (χ1) is 14.4. The van der Waals surface area contributed by atoms with Crippen molar-refractivity contribution in [3.63, 3.8) is 0 Å². The molecule has 3 rings (SSSR count). The van der Waals surface area contributed by atoms with Crippen molar-refractivity contribution in [1.29, 1.82) is 0 Å². The molecule has 7 heteroatoms. The molecule has 0 saturated heterocycles. The van der Waals surface area contributed by atoms with E-state index in [4.69, 9.17) is 13.7 Å². The van der Waals surface area contributed by atoms with Gasteiger partial charge in [-0.1, -0.05) is 48.0 Å². The van der Waals surface area contributed by atoms with Crippen LogP contribution in [0.4, 0.5) is 0 Å². The van der Waals surface area contributed by atoms with Gasteiger partial charge in [-0.05, 0) is 42.8 Å². The lowest BCUT2D eigenvalue weighted by Crippen LogP contribution is -2.18. The molecule has 3 aromatic carbocycles. The number of hydrogen-bond acceptors (Lipinski definition) is 6. The highest BCUT2D eigenvalue weighted by atomic mass is 32.2. The second-order valence-electron chi connectivity index (χ2n) is 6.59. The lowest BCUT2D eigenvalue weighted by molar-refractivity contribution is 0.109. The second kappa shape index (κ2) is 9.56. The third-order valence-electron chi connectivity index (χ3n) is 4.47. The van der Waals surface area contributed by atoms with Gasteiger partial charge in [0, 0.05) is 0 Å². The summed E-state index contributed by atoms with van der Waals surface area (Å²) in [6.07, 6.45) is -0.0948. The fourth-order valence-electron chi connectivity index (χ4n) is 2.80. The molecule has 0 fully saturated rings. The van der Waals surface area contributed by atoms with Gasteiger partial charge in [-0.15, -0.1) is 0 Å². The molecule has 0 spiro atoms. The van der Waals surface area contributed by atoms with Crippen molar-refractivity contribution in [2.45, 2.75) is 17.9 Å². The average molecular weight is 426 g/mol. The predicted octanol–water partition coefficient (Wildman–Crippen LogP) is 4.34. The van der Waals surface area contributed by atoms with Crippen molar-refractivity contribution in [2.75, 3.05) is 13.7 Å². The number of carbonyl (C=O) groups excluding carboxylic acids is 1. The molecule has 0 aliphatic heterocycles. The summed E-state index contributed by atoms with van der Waals surface area (Å²) in [6.45, 7) is 1.61. The summed E-state index contributed by atoms with van der Waals surface area (Å²) in [5, 5.41) is 0. The highest BCUT2D eigenvalue weighted by molar-refractivity contribution is 7.86. The largest absolute Gasteiger partial charge is 0.497 e. The van der Waals surface area contributed by atoms with Crippen LogP contribution in [0.15, 0.2) is 77.7 Å². The molecule has 0 aliphatic carbocycles. The Morgan fingerprint density at radius 2 is 1.67 bits per heavy atom. The van der Waals surface area contributed by atoms with Crippen LogP contribution in [0, 0.1) is 6.92 Å². The van der Waals surface area contributed by atoms with E-state index in [0.717, 1.165) is 5.56 Å². The van der Waals surface area contributed by atoms with Crippen molar-refractivity contribution >= 4 is 16.4 Å². The van der Waals surface area contributed by atoms with E-state index < -0.39 is 16.2 Å². The molecular weight excluding hydrogens is 404 g/mol. The minimum absolute atomic E-state index is 0.0675. The van der Waals surface area contributed by atoms with Gasteiger partial charge in [-0.3, -0.25) is 8.98 Å². The summed E-state index contributed by atoms with van der Waals surface area (Å²) in [5.41, 5.74) is 1.95. The summed E-state index contributed by atoms with van der Waals surface area (Å²) < 4.78 is 41.6. The topological polar surface area (TPSA) is 78.9 Å². The SMILES string of the molecule is COc1ccc(OC(COS(=O)(=O)c2ccc(C)cc2)c2ccccc2)c(C=O)c1. The van der Waals surface area contributed by atoms with E-state index in [-0.39, 0.29) is 17.1 Å². The molecular formula is C23H22O6S. The zero-order valence-corrected chi connectivity index (χ0v) is 17.5. The van der Waals surface area contributed by atoms with Crippen molar-refractivity contribution < 1.29 is 26.9 Å². The third kappa shape index (κ3) is 5.25. The second-order valence-corrected chi connectivity index (χ2v) is 8.21. The van der Waals surface area contributed by atoms with Gasteiger partial charge in [0.25, 0.3) is 10.1 Å². The van der Waals surface area contributed by atoms with Crippen LogP contribution in [0.3, 0.4) is 0 Å². The minimum atomic E-state index is -3.97. The van der Waals surface area contributed by atoms with E-state index in [1.54, 1.807) is 42.5 Å². The fourth-order valence-corrected chi connectivity index (χ4v) is 3.70. The first-order valence-electron chi connectivity index (χ1n) is 9.24. The number of methoxy groups -OCH3 is 1. The van der Waals surface area contributed by atoms with Gasteiger partial charge in [-0.25, -0.2) is 0 Å². The summed E-state index contributed by atoms with van der Waals surface area (Å²) in [5.74, 6) is 0.815. The van der Waals surface area contributed by atoms with E-state index in [0.29, 0.717) is 23.3 Å². The Morgan fingerprint density at radius 3 is 2.30 bits per heavy atom. The molecule has 3 aromatic rings. The maximum atomic E-state index is 12.6. The summed E-state index contributed by atoms with van der Waals surface area (Å²) in [7, 11) is -2.47. The Morgan fingerprint density at radius 1 is 0.967 bits per heavy atom. The summed E-state index contributed by atoms with van der Waals surface area (Å²) in [4.78, 5) is 11.5. The van der Waals surface area contributed by atoms with Crippen LogP contribution in [-0.4, -0.2) is 28.4 Å². The Bertz CT molecular complexity index is 1090. The number of aldehydes is 1. The van der Waals surface area contributed by atoms with Gasteiger partial charge >= 0.3 is 0 Å². The minimum Gasteiger partial charge on any atom is -0.497 e. The lowest BCUT2D eigenvalue weighted by atomic mass is 10.1. The number of hydrogen-bond donors (Lipinski definition) is 0. The smallest absolute Gasteiger partial charge is 0.297 e. The molecule has 156 valence electrons. The molecule has 0 aromatic heterocycles. The summed E-state index contributed by atoms with van der Waals surface area (Å²) in [6, 6.07) is 20.3. The molecule has 0 saturated carbocycles. The van der Waals surface area contributed by atoms with Crippen LogP contribution in [0.1, 0.15) is 27.6 Å². The number of rotatable bonds is 9. The predicted molar refractivity (Wildman–Crippen MR) is 113 cm³/mol. The normalized spacial score (nSPS) is 12.2. The Kier molecular flexibility index (Phi) is 6.87. The molecule has 1 unspecified atom stereocenters. The van der Waals surface area contributed by atoms with E-state index >= 15 is 0 Å². The maximum Gasteiger partial charge on any atom is 0.297 e. The quantitative estimate of drug-likeness (QED) is 0.374. The van der Waals surface area contributed by atoms with E-state index in [1.807, 2.05) is 25.1 Å². The molecule has 0 radical (unpaired) electrons. The molecule has 0 N–H and O–H groups in total. The Hall–Kier alpha value is -3.16. The Balaban J connectivity index is 1.85. The maximum absolute atomic E-state index is 12.6. The number of ether oxygens (including phenoxy) is 2. The highest BCUT2D eigenvalue weighted by Gasteiger charge is 2.22. The van der Waals surface area contributed by atoms with Crippen LogP contribution < -0.4 is 9.47 Å². The monoisotopic (exact) mass is 426 g/mol. The van der Waals surface area contributed by atoms with Gasteiger partial charge in [-0.2, -0.15) is 8.42 Å². The van der Waals surface area contributed by atoms with Gasteiger partial charge in [0.2, 0.25) is 0 Å². The van der Waals surface area contributed by atoms with Gasteiger partial charge in [0.1, 0.15) is 24.2 Å². The zero-order valence-electron chi connectivity index (χ0n) is 16.6. The standard InChI is InChI=1S/C23H22O6S/c1-17-8-11-21(12-9-17)30(25,26)28-16-23(18-6-4-3-5-7-18)29-22-13-10-20(27-2)14-19(22)15-24/h3-15,23H,16H2,1-2H3. The first-order valence-corrected chi connectivity index (χ1v) is 10.6. The van der Waals surface area contributed by atoms with Crippen LogP contribution in [-0.2, 0) is 14.3 Å². The molecule has 6 nitrogen and oxygen atoms in total. The van der Waals surface area contributed by atoms with Crippen molar-refractivity contribution in [3.05, 3.63) is 89.5 Å². The first kappa shape index (κ1) is 21.5. The van der Waals surface area contributed by atoms with E-state index in [9.17, 15) is 13.2 Å². The third-order valence-corrected chi connectivity index (χ3v) is 5.76. The molecule has 0 aliphatic rings. The zero-order chi connectivity index (χ0) is 21.6. The summed E-state index contributed by atoms with van der Waals surface area (Å²) >= 11 is 0. The van der Waals surface area contributed by atoms with Crippen molar-refractivity contribution in [1.82, 2.24) is 0 Å². The van der Waals surface area contributed by atoms with Crippen LogP contribution in [0.2, 0.25) is 0 Å². The van der Waals surface area contributed by atoms with Crippen molar-refractivity contribution in [3.8, 4) is 11.5 Å². The van der Waals surface area contributed by atoms with Crippen LogP contribution >= 0.6 is 0 Å². The average Bonchev–Trinajstić information content (AvgIpc) is 2.77. The van der Waals surface area contributed by atoms with Gasteiger partial charge < -0.3 is 9.47 Å². The number of aryl methyl sites for hydroxylation is 1. The van der Waals surface area contributed by atoms with E-state index in [1.165, 1.54) is 19.2 Å². The van der Waals surface area contributed by atoms with Gasteiger partial charge in [0.15, 0.2) is 6.29 Å². The number of benzene rings is 3. The van der Waals surface area contributed by atoms with Crippen molar-refractivity contribution in [2.24, 2.45) is 0 Å². The lowest BCUT2D eigenvalue weighted by Gasteiger charge is -2.21. The Labute approximate surface area is 176 Å². The van der Waals surface area contributed by atoms with Gasteiger partial charge in [0.05, 0.1) is 17.6 Å². The highest BCUT2D eigenvalue weighted by Crippen LogP contribution is 2.29. The molecule has 30 heavy (non-hydrogen) atoms. The number of carbonyl (C=O) groups is 1. The van der Waals surface area contributed by atoms with Crippen LogP contribution in [0.25, 0.3) is 0 Å². The van der Waals surface area contributed by atoms with Crippen LogP contribution in [0.5, 0.6) is 11.5 Å².